The summed E-state index contributed by atoms with van der Waals surface area (Å²) in [6.07, 6.45) is 0. The van der Waals surface area contributed by atoms with E-state index in [-0.39, 0.29) is 0 Å². The van der Waals surface area contributed by atoms with E-state index in [9.17, 15) is 0 Å². The zero-order valence-electron chi connectivity index (χ0n) is 32.2. The Kier molecular flexibility index (Phi) is 8.00. The van der Waals surface area contributed by atoms with Gasteiger partial charge in [0, 0.05) is 53.2 Å². The van der Waals surface area contributed by atoms with E-state index < -0.39 is 0 Å². The van der Waals surface area contributed by atoms with Crippen LogP contribution in [0.3, 0.4) is 0 Å². The predicted molar refractivity (Wildman–Crippen MR) is 250 cm³/mol. The van der Waals surface area contributed by atoms with Crippen LogP contribution in [-0.2, 0) is 0 Å². The largest absolute Gasteiger partial charge is 0.455 e. The Morgan fingerprint density at radius 3 is 1.75 bits per heavy atom. The fourth-order valence-corrected chi connectivity index (χ4v) is 10.0. The molecule has 3 aromatic heterocycles. The van der Waals surface area contributed by atoms with Crippen molar-refractivity contribution in [3.05, 3.63) is 200 Å². The van der Waals surface area contributed by atoms with Crippen molar-refractivity contribution in [1.82, 2.24) is 15.0 Å². The second-order valence-electron chi connectivity index (χ2n) is 15.1. The first-order valence-corrected chi connectivity index (χ1v) is 20.9. The van der Waals surface area contributed by atoms with Crippen molar-refractivity contribution in [3.63, 3.8) is 0 Å². The van der Waals surface area contributed by atoms with Gasteiger partial charge in [-0.15, -0.1) is 11.3 Å². The summed E-state index contributed by atoms with van der Waals surface area (Å²) >= 11 is 1.87. The average molecular weight is 784 g/mol. The summed E-state index contributed by atoms with van der Waals surface area (Å²) in [5.41, 5.74) is 11.0. The number of furan rings is 1. The molecule has 3 heterocycles. The third-order valence-corrected chi connectivity index (χ3v) is 12.8. The first-order valence-electron chi connectivity index (χ1n) is 20.1. The van der Waals surface area contributed by atoms with Gasteiger partial charge in [0.05, 0.1) is 0 Å². The van der Waals surface area contributed by atoms with E-state index >= 15 is 0 Å². The quantitative estimate of drug-likeness (QED) is 0.169. The van der Waals surface area contributed by atoms with Gasteiger partial charge in [-0.05, 0) is 62.9 Å². The Morgan fingerprint density at radius 1 is 0.333 bits per heavy atom. The first kappa shape index (κ1) is 34.3. The van der Waals surface area contributed by atoms with Gasteiger partial charge in [-0.25, -0.2) is 15.0 Å². The Bertz CT molecular complexity index is 3590. The van der Waals surface area contributed by atoms with E-state index in [1.807, 2.05) is 47.7 Å². The lowest BCUT2D eigenvalue weighted by molar-refractivity contribution is 0.670. The van der Waals surface area contributed by atoms with Crippen molar-refractivity contribution in [2.45, 2.75) is 0 Å². The smallest absolute Gasteiger partial charge is 0.164 e. The molecule has 0 N–H and O–H groups in total. The highest BCUT2D eigenvalue weighted by Crippen LogP contribution is 2.45. The van der Waals surface area contributed by atoms with Crippen LogP contribution >= 0.6 is 11.3 Å². The molecule has 9 aromatic carbocycles. The minimum absolute atomic E-state index is 0.586. The van der Waals surface area contributed by atoms with E-state index in [1.54, 1.807) is 0 Å². The van der Waals surface area contributed by atoms with Gasteiger partial charge in [0.1, 0.15) is 11.2 Å². The monoisotopic (exact) mass is 783 g/mol. The maximum Gasteiger partial charge on any atom is 0.164 e. The molecule has 0 spiro atoms. The summed E-state index contributed by atoms with van der Waals surface area (Å²) in [4.78, 5) is 15.7. The van der Waals surface area contributed by atoms with E-state index in [4.69, 9.17) is 19.4 Å². The van der Waals surface area contributed by atoms with Gasteiger partial charge >= 0.3 is 0 Å². The Balaban J connectivity index is 1.06. The summed E-state index contributed by atoms with van der Waals surface area (Å²) < 4.78 is 9.38. The Hall–Kier alpha value is -7.73. The molecule has 0 aliphatic rings. The lowest BCUT2D eigenvalue weighted by atomic mass is 9.95. The SMILES string of the molecule is c1ccc(-c2cc(-c3ccccc3)c3oc4cccc(-c5nc(-c6ccccc6)nc(-c6cccc(-c7cccc8c7sc7c9ccccc9ccc87)c6)n5)c4c3c2)cc1. The molecule has 0 amide bonds. The van der Waals surface area contributed by atoms with Gasteiger partial charge in [0.25, 0.3) is 0 Å². The van der Waals surface area contributed by atoms with Crippen LogP contribution in [0.1, 0.15) is 0 Å². The van der Waals surface area contributed by atoms with Crippen LogP contribution in [0.4, 0.5) is 0 Å². The van der Waals surface area contributed by atoms with Gasteiger partial charge in [-0.3, -0.25) is 0 Å². The number of hydrogen-bond donors (Lipinski definition) is 0. The van der Waals surface area contributed by atoms with Crippen LogP contribution in [0.5, 0.6) is 0 Å². The van der Waals surface area contributed by atoms with Gasteiger partial charge in [-0.2, -0.15) is 0 Å². The molecule has 0 saturated heterocycles. The van der Waals surface area contributed by atoms with Crippen LogP contribution in [0, 0.1) is 0 Å². The second kappa shape index (κ2) is 14.0. The molecule has 0 aliphatic heterocycles. The number of thiophene rings is 1. The van der Waals surface area contributed by atoms with E-state index in [0.29, 0.717) is 17.5 Å². The molecule has 12 aromatic rings. The molecular formula is C55H33N3OS. The number of nitrogens with zero attached hydrogens (tertiary/aromatic N) is 3. The van der Waals surface area contributed by atoms with E-state index in [2.05, 4.69) is 164 Å². The normalized spacial score (nSPS) is 11.7. The number of aromatic nitrogens is 3. The summed E-state index contributed by atoms with van der Waals surface area (Å²) in [5, 5.41) is 7.08. The van der Waals surface area contributed by atoms with Crippen molar-refractivity contribution < 1.29 is 4.42 Å². The van der Waals surface area contributed by atoms with Crippen molar-refractivity contribution >= 4 is 64.2 Å². The van der Waals surface area contributed by atoms with Gasteiger partial charge in [0.15, 0.2) is 17.5 Å². The number of hydrogen-bond acceptors (Lipinski definition) is 5. The first-order chi connectivity index (χ1) is 29.7. The molecular weight excluding hydrogens is 751 g/mol. The Morgan fingerprint density at radius 2 is 0.933 bits per heavy atom. The lowest BCUT2D eigenvalue weighted by Gasteiger charge is -2.11. The molecule has 0 unspecified atom stereocenters. The molecule has 12 rings (SSSR count). The van der Waals surface area contributed by atoms with Crippen LogP contribution in [-0.4, -0.2) is 15.0 Å². The molecule has 4 nitrogen and oxygen atoms in total. The third kappa shape index (κ3) is 5.70. The van der Waals surface area contributed by atoms with Crippen LogP contribution in [0.2, 0.25) is 0 Å². The fraction of sp³-hybridized carbons (Fsp3) is 0. The number of benzene rings is 9. The summed E-state index contributed by atoms with van der Waals surface area (Å²) in [6.45, 7) is 0. The summed E-state index contributed by atoms with van der Waals surface area (Å²) in [5.74, 6) is 1.80. The maximum absolute atomic E-state index is 6.80. The van der Waals surface area contributed by atoms with Crippen molar-refractivity contribution in [2.24, 2.45) is 0 Å². The maximum atomic E-state index is 6.80. The van der Waals surface area contributed by atoms with Crippen molar-refractivity contribution in [1.29, 1.82) is 0 Å². The highest BCUT2D eigenvalue weighted by Gasteiger charge is 2.21. The van der Waals surface area contributed by atoms with Crippen LogP contribution < -0.4 is 0 Å². The number of fused-ring (bicyclic) bond motifs is 8. The van der Waals surface area contributed by atoms with E-state index in [1.165, 1.54) is 36.5 Å². The molecule has 0 aliphatic carbocycles. The minimum Gasteiger partial charge on any atom is -0.455 e. The van der Waals surface area contributed by atoms with Crippen molar-refractivity contribution in [3.8, 4) is 67.5 Å². The fourth-order valence-electron chi connectivity index (χ4n) is 8.67. The van der Waals surface area contributed by atoms with E-state index in [0.717, 1.165) is 66.4 Å². The average Bonchev–Trinajstić information content (AvgIpc) is 3.91. The molecule has 60 heavy (non-hydrogen) atoms. The topological polar surface area (TPSA) is 51.8 Å². The molecule has 0 bridgehead atoms. The zero-order valence-corrected chi connectivity index (χ0v) is 33.0. The van der Waals surface area contributed by atoms with Crippen LogP contribution in [0.25, 0.3) is 120 Å². The lowest BCUT2D eigenvalue weighted by Crippen LogP contribution is -2.00. The molecule has 0 fully saturated rings. The Labute approximate surface area is 349 Å². The highest BCUT2D eigenvalue weighted by atomic mass is 32.1. The standard InChI is InChI=1S/C55H33N3OS/c1-4-15-34(16-5-1)40-32-46(35-17-6-2-7-18-35)50-47(33-40)49-45(27-14-28-48(49)59-50)55-57-53(37-20-8-3-9-21-37)56-54(58-55)39-23-12-22-38(31-39)42-25-13-26-43-44-30-29-36-19-10-11-24-41(36)51(44)60-52(42)43/h1-33H. The second-order valence-corrected chi connectivity index (χ2v) is 16.1. The molecule has 0 radical (unpaired) electrons. The predicted octanol–water partition coefficient (Wildman–Crippen LogP) is 15.3. The number of rotatable bonds is 6. The molecule has 5 heteroatoms. The molecule has 0 saturated carbocycles. The third-order valence-electron chi connectivity index (χ3n) is 11.5. The van der Waals surface area contributed by atoms with Gasteiger partial charge in [0.2, 0.25) is 0 Å². The van der Waals surface area contributed by atoms with Crippen LogP contribution in [0.15, 0.2) is 205 Å². The molecule has 280 valence electrons. The highest BCUT2D eigenvalue weighted by molar-refractivity contribution is 7.27. The minimum atomic E-state index is 0.586. The molecule has 0 atom stereocenters. The zero-order chi connectivity index (χ0) is 39.6. The van der Waals surface area contributed by atoms with Gasteiger partial charge in [-0.1, -0.05) is 176 Å². The van der Waals surface area contributed by atoms with Crippen molar-refractivity contribution in [2.75, 3.05) is 0 Å². The summed E-state index contributed by atoms with van der Waals surface area (Å²) in [6, 6.07) is 70.2. The summed E-state index contributed by atoms with van der Waals surface area (Å²) in [7, 11) is 0. The van der Waals surface area contributed by atoms with Gasteiger partial charge < -0.3 is 4.42 Å².